The minimum absolute atomic E-state index is 0.0112. The van der Waals surface area contributed by atoms with Gasteiger partial charge in [-0.1, -0.05) is 12.1 Å². The molecule has 1 saturated heterocycles. The van der Waals surface area contributed by atoms with Gasteiger partial charge in [-0.15, -0.1) is 0 Å². The molecule has 0 spiro atoms. The summed E-state index contributed by atoms with van der Waals surface area (Å²) in [4.78, 5) is 24.7. The maximum absolute atomic E-state index is 13.1. The Balaban J connectivity index is 1.84. The van der Waals surface area contributed by atoms with E-state index in [0.29, 0.717) is 18.5 Å². The first-order chi connectivity index (χ1) is 12.7. The van der Waals surface area contributed by atoms with Crippen molar-refractivity contribution in [2.45, 2.75) is 32.4 Å². The molecule has 2 aromatic heterocycles. The number of para-hydroxylation sites is 1. The van der Waals surface area contributed by atoms with Gasteiger partial charge in [0.1, 0.15) is 11.6 Å². The fraction of sp³-hybridized carbons (Fsp3) is 0.444. The lowest BCUT2D eigenvalue weighted by Crippen LogP contribution is -2.33. The largest absolute Gasteiger partial charge is 0.383 e. The molecule has 1 unspecified atom stereocenters. The summed E-state index contributed by atoms with van der Waals surface area (Å²) in [6.07, 6.45) is 1.98. The summed E-state index contributed by atoms with van der Waals surface area (Å²) >= 11 is 1.40. The minimum Gasteiger partial charge on any atom is -0.383 e. The van der Waals surface area contributed by atoms with Gasteiger partial charge in [-0.25, -0.2) is 9.97 Å². The zero-order valence-corrected chi connectivity index (χ0v) is 15.7. The van der Waals surface area contributed by atoms with Gasteiger partial charge in [-0.05, 0) is 31.9 Å². The number of hydrogen-bond donors (Lipinski definition) is 0. The van der Waals surface area contributed by atoms with Gasteiger partial charge in [0.15, 0.2) is 0 Å². The van der Waals surface area contributed by atoms with E-state index in [1.807, 2.05) is 31.2 Å². The summed E-state index contributed by atoms with van der Waals surface area (Å²) in [5, 5.41) is 1.54. The maximum Gasteiger partial charge on any atom is 0.261 e. The predicted octanol–water partition coefficient (Wildman–Crippen LogP) is 2.54. The summed E-state index contributed by atoms with van der Waals surface area (Å²) in [5.41, 5.74) is 0.726. The Kier molecular flexibility index (Phi) is 4.69. The third-order valence-corrected chi connectivity index (χ3v) is 5.57. The molecule has 0 amide bonds. The molecule has 3 aromatic rings. The number of rotatable bonds is 5. The maximum atomic E-state index is 13.1. The van der Waals surface area contributed by atoms with Gasteiger partial charge < -0.3 is 9.64 Å². The first kappa shape index (κ1) is 17.1. The fourth-order valence-electron chi connectivity index (χ4n) is 3.51. The highest BCUT2D eigenvalue weighted by molar-refractivity contribution is 7.09. The number of fused-ring (bicyclic) bond motifs is 1. The Morgan fingerprint density at radius 1 is 1.31 bits per heavy atom. The van der Waals surface area contributed by atoms with Crippen molar-refractivity contribution in [3.8, 4) is 0 Å². The Labute approximate surface area is 155 Å². The normalized spacial score (nSPS) is 17.3. The van der Waals surface area contributed by atoms with E-state index >= 15 is 0 Å². The molecule has 0 aliphatic carbocycles. The molecule has 8 heteroatoms. The van der Waals surface area contributed by atoms with Crippen molar-refractivity contribution in [1.82, 2.24) is 18.9 Å². The molecule has 0 saturated carbocycles. The van der Waals surface area contributed by atoms with Gasteiger partial charge in [0.25, 0.3) is 5.56 Å². The van der Waals surface area contributed by atoms with Crippen molar-refractivity contribution in [3.63, 3.8) is 0 Å². The number of methoxy groups -OCH3 is 1. The molecule has 0 N–H and O–H groups in total. The highest BCUT2D eigenvalue weighted by Crippen LogP contribution is 2.36. The first-order valence-electron chi connectivity index (χ1n) is 8.74. The second-order valence-electron chi connectivity index (χ2n) is 6.41. The van der Waals surface area contributed by atoms with E-state index in [4.69, 9.17) is 9.72 Å². The summed E-state index contributed by atoms with van der Waals surface area (Å²) in [5.74, 6) is 1.56. The van der Waals surface area contributed by atoms with Crippen LogP contribution in [0.4, 0.5) is 5.13 Å². The van der Waals surface area contributed by atoms with Gasteiger partial charge in [-0.3, -0.25) is 9.36 Å². The van der Waals surface area contributed by atoms with Crippen molar-refractivity contribution >= 4 is 27.6 Å². The molecule has 26 heavy (non-hydrogen) atoms. The Hall–Kier alpha value is -2.32. The summed E-state index contributed by atoms with van der Waals surface area (Å²) in [6.45, 7) is 3.75. The zero-order valence-electron chi connectivity index (χ0n) is 14.9. The summed E-state index contributed by atoms with van der Waals surface area (Å²) in [6, 6.07) is 7.54. The number of anilines is 1. The van der Waals surface area contributed by atoms with Crippen LogP contribution in [0.5, 0.6) is 0 Å². The molecule has 4 rings (SSSR count). The SMILES string of the molecule is COCCn1c(C2CCCN2c2nc(C)ns2)nc2ccccc2c1=O. The lowest BCUT2D eigenvalue weighted by molar-refractivity contribution is 0.184. The third kappa shape index (κ3) is 2.99. The fourth-order valence-corrected chi connectivity index (χ4v) is 4.26. The average molecular weight is 371 g/mol. The van der Waals surface area contributed by atoms with E-state index in [2.05, 4.69) is 14.3 Å². The van der Waals surface area contributed by atoms with E-state index in [-0.39, 0.29) is 11.6 Å². The van der Waals surface area contributed by atoms with E-state index in [1.165, 1.54) is 11.5 Å². The van der Waals surface area contributed by atoms with Crippen LogP contribution in [0.2, 0.25) is 0 Å². The number of ether oxygens (including phenoxy) is 1. The minimum atomic E-state index is -0.0112. The van der Waals surface area contributed by atoms with E-state index in [0.717, 1.165) is 41.7 Å². The Morgan fingerprint density at radius 2 is 2.15 bits per heavy atom. The van der Waals surface area contributed by atoms with Crippen LogP contribution in [0.3, 0.4) is 0 Å². The van der Waals surface area contributed by atoms with Gasteiger partial charge in [-0.2, -0.15) is 4.37 Å². The van der Waals surface area contributed by atoms with E-state index < -0.39 is 0 Å². The van der Waals surface area contributed by atoms with Crippen LogP contribution in [0.1, 0.15) is 30.5 Å². The van der Waals surface area contributed by atoms with Crippen LogP contribution < -0.4 is 10.5 Å². The van der Waals surface area contributed by atoms with Crippen LogP contribution in [-0.4, -0.2) is 39.2 Å². The number of benzene rings is 1. The monoisotopic (exact) mass is 371 g/mol. The zero-order chi connectivity index (χ0) is 18.1. The van der Waals surface area contributed by atoms with Gasteiger partial charge >= 0.3 is 0 Å². The predicted molar refractivity (Wildman–Crippen MR) is 102 cm³/mol. The number of aryl methyl sites for hydroxylation is 1. The number of nitrogens with zero attached hydrogens (tertiary/aromatic N) is 5. The molecular formula is C18H21N5O2S. The van der Waals surface area contributed by atoms with Crippen LogP contribution in [-0.2, 0) is 11.3 Å². The summed E-state index contributed by atoms with van der Waals surface area (Å²) < 4.78 is 11.3. The molecule has 1 atom stereocenters. The van der Waals surface area contributed by atoms with Crippen molar-refractivity contribution < 1.29 is 4.74 Å². The van der Waals surface area contributed by atoms with Crippen LogP contribution >= 0.6 is 11.5 Å². The standard InChI is InChI=1S/C18H21N5O2S/c1-12-19-18(26-21-12)22-9-5-8-15(22)16-20-14-7-4-3-6-13(14)17(24)23(16)10-11-25-2/h3-4,6-7,15H,5,8-11H2,1-2H3. The van der Waals surface area contributed by atoms with Crippen molar-refractivity contribution in [2.75, 3.05) is 25.2 Å². The number of aromatic nitrogens is 4. The van der Waals surface area contributed by atoms with Crippen molar-refractivity contribution in [1.29, 1.82) is 0 Å². The molecule has 0 radical (unpaired) electrons. The van der Waals surface area contributed by atoms with Gasteiger partial charge in [0.2, 0.25) is 5.13 Å². The topological polar surface area (TPSA) is 73.1 Å². The average Bonchev–Trinajstić information content (AvgIpc) is 3.29. The van der Waals surface area contributed by atoms with Crippen molar-refractivity contribution in [3.05, 3.63) is 46.3 Å². The van der Waals surface area contributed by atoms with Crippen LogP contribution in [0, 0.1) is 6.92 Å². The van der Waals surface area contributed by atoms with Crippen LogP contribution in [0.25, 0.3) is 10.9 Å². The third-order valence-electron chi connectivity index (χ3n) is 4.72. The summed E-state index contributed by atoms with van der Waals surface area (Å²) in [7, 11) is 1.64. The molecule has 1 aromatic carbocycles. The second kappa shape index (κ2) is 7.13. The van der Waals surface area contributed by atoms with Crippen LogP contribution in [0.15, 0.2) is 29.1 Å². The van der Waals surface area contributed by atoms with Gasteiger partial charge in [0.05, 0.1) is 30.1 Å². The Bertz CT molecular complexity index is 983. The highest BCUT2D eigenvalue weighted by atomic mass is 32.1. The van der Waals surface area contributed by atoms with Crippen molar-refractivity contribution in [2.24, 2.45) is 0 Å². The molecule has 7 nitrogen and oxygen atoms in total. The molecular weight excluding hydrogens is 350 g/mol. The lowest BCUT2D eigenvalue weighted by atomic mass is 10.1. The van der Waals surface area contributed by atoms with E-state index in [1.54, 1.807) is 11.7 Å². The molecule has 1 aliphatic heterocycles. The van der Waals surface area contributed by atoms with Gasteiger partial charge in [0, 0.05) is 25.2 Å². The first-order valence-corrected chi connectivity index (χ1v) is 9.51. The lowest BCUT2D eigenvalue weighted by Gasteiger charge is -2.25. The second-order valence-corrected chi connectivity index (χ2v) is 7.14. The smallest absolute Gasteiger partial charge is 0.261 e. The Morgan fingerprint density at radius 3 is 2.92 bits per heavy atom. The highest BCUT2D eigenvalue weighted by Gasteiger charge is 2.32. The van der Waals surface area contributed by atoms with E-state index in [9.17, 15) is 4.79 Å². The molecule has 136 valence electrons. The number of hydrogen-bond acceptors (Lipinski definition) is 7. The molecule has 3 heterocycles. The molecule has 1 fully saturated rings. The molecule has 1 aliphatic rings. The quantitative estimate of drug-likeness (QED) is 0.686. The molecule has 0 bridgehead atoms.